The number of nitrogens with zero attached hydrogens (tertiary/aromatic N) is 1. The average molecular weight is 266 g/mol. The molecular weight excluding hydrogens is 236 g/mol. The SMILES string of the molecule is CC(C)N1CCC(NC2C3CCOC3C2(C)C)CC1. The van der Waals surface area contributed by atoms with Crippen LogP contribution in [0.3, 0.4) is 0 Å². The minimum absolute atomic E-state index is 0.330. The van der Waals surface area contributed by atoms with Gasteiger partial charge in [-0.2, -0.15) is 0 Å². The number of rotatable bonds is 3. The highest BCUT2D eigenvalue weighted by molar-refractivity contribution is 5.12. The third-order valence-corrected chi connectivity index (χ3v) is 5.78. The summed E-state index contributed by atoms with van der Waals surface area (Å²) < 4.78 is 5.89. The lowest BCUT2D eigenvalue weighted by Crippen LogP contribution is -2.68. The Labute approximate surface area is 118 Å². The number of ether oxygens (including phenoxy) is 1. The Bertz CT molecular complexity index is 321. The molecule has 0 spiro atoms. The largest absolute Gasteiger partial charge is 0.377 e. The molecule has 0 amide bonds. The second kappa shape index (κ2) is 5.01. The predicted molar refractivity (Wildman–Crippen MR) is 78.3 cm³/mol. The summed E-state index contributed by atoms with van der Waals surface area (Å²) in [6, 6.07) is 2.10. The summed E-state index contributed by atoms with van der Waals surface area (Å²) in [5, 5.41) is 3.97. The van der Waals surface area contributed by atoms with Crippen molar-refractivity contribution in [2.45, 2.75) is 71.2 Å². The molecule has 1 aliphatic carbocycles. The first kappa shape index (κ1) is 13.8. The Kier molecular flexibility index (Phi) is 3.65. The van der Waals surface area contributed by atoms with Gasteiger partial charge in [-0.15, -0.1) is 0 Å². The van der Waals surface area contributed by atoms with Crippen LogP contribution in [0, 0.1) is 11.3 Å². The van der Waals surface area contributed by atoms with Crippen LogP contribution in [0.2, 0.25) is 0 Å². The highest BCUT2D eigenvalue weighted by atomic mass is 16.5. The van der Waals surface area contributed by atoms with Crippen LogP contribution >= 0.6 is 0 Å². The fourth-order valence-electron chi connectivity index (χ4n) is 4.50. The number of fused-ring (bicyclic) bond motifs is 1. The molecule has 19 heavy (non-hydrogen) atoms. The van der Waals surface area contributed by atoms with Gasteiger partial charge in [0.05, 0.1) is 6.10 Å². The van der Waals surface area contributed by atoms with Gasteiger partial charge in [0.25, 0.3) is 0 Å². The molecule has 3 fully saturated rings. The maximum absolute atomic E-state index is 5.89. The average Bonchev–Trinajstić information content (AvgIpc) is 2.83. The van der Waals surface area contributed by atoms with Crippen LogP contribution < -0.4 is 5.32 Å². The highest BCUT2D eigenvalue weighted by Crippen LogP contribution is 2.52. The molecule has 1 saturated carbocycles. The molecule has 2 heterocycles. The molecule has 110 valence electrons. The van der Waals surface area contributed by atoms with Gasteiger partial charge in [0, 0.05) is 36.1 Å². The van der Waals surface area contributed by atoms with E-state index in [1.54, 1.807) is 0 Å². The van der Waals surface area contributed by atoms with Gasteiger partial charge in [-0.3, -0.25) is 0 Å². The molecule has 3 rings (SSSR count). The predicted octanol–water partition coefficient (Wildman–Crippen LogP) is 2.26. The molecule has 0 aromatic rings. The van der Waals surface area contributed by atoms with Crippen LogP contribution in [0.1, 0.15) is 47.0 Å². The Morgan fingerprint density at radius 1 is 1.16 bits per heavy atom. The highest BCUT2D eigenvalue weighted by Gasteiger charge is 2.59. The minimum atomic E-state index is 0.330. The van der Waals surface area contributed by atoms with Gasteiger partial charge < -0.3 is 15.0 Å². The fraction of sp³-hybridized carbons (Fsp3) is 1.00. The molecule has 0 radical (unpaired) electrons. The van der Waals surface area contributed by atoms with Gasteiger partial charge in [0.15, 0.2) is 0 Å². The van der Waals surface area contributed by atoms with Crippen molar-refractivity contribution in [3.63, 3.8) is 0 Å². The van der Waals surface area contributed by atoms with Gasteiger partial charge >= 0.3 is 0 Å². The summed E-state index contributed by atoms with van der Waals surface area (Å²) in [5.74, 6) is 0.776. The summed E-state index contributed by atoms with van der Waals surface area (Å²) in [4.78, 5) is 2.60. The van der Waals surface area contributed by atoms with Crippen LogP contribution in [0.4, 0.5) is 0 Å². The quantitative estimate of drug-likeness (QED) is 0.848. The Morgan fingerprint density at radius 3 is 2.47 bits per heavy atom. The van der Waals surface area contributed by atoms with E-state index in [9.17, 15) is 0 Å². The van der Waals surface area contributed by atoms with Crippen LogP contribution in [-0.4, -0.2) is 48.8 Å². The van der Waals surface area contributed by atoms with Crippen molar-refractivity contribution in [2.24, 2.45) is 11.3 Å². The Hall–Kier alpha value is -0.120. The van der Waals surface area contributed by atoms with Gasteiger partial charge in [-0.1, -0.05) is 13.8 Å². The van der Waals surface area contributed by atoms with Crippen molar-refractivity contribution in [3.8, 4) is 0 Å². The lowest BCUT2D eigenvalue weighted by atomic mass is 9.57. The van der Waals surface area contributed by atoms with E-state index in [1.165, 1.54) is 32.4 Å². The molecular formula is C16H30N2O. The van der Waals surface area contributed by atoms with Gasteiger partial charge in [-0.25, -0.2) is 0 Å². The maximum atomic E-state index is 5.89. The molecule has 0 aromatic carbocycles. The zero-order chi connectivity index (χ0) is 13.6. The zero-order valence-corrected chi connectivity index (χ0v) is 13.0. The van der Waals surface area contributed by atoms with Crippen molar-refractivity contribution in [1.29, 1.82) is 0 Å². The lowest BCUT2D eigenvalue weighted by Gasteiger charge is -2.56. The second-order valence-corrected chi connectivity index (χ2v) is 7.61. The van der Waals surface area contributed by atoms with Gasteiger partial charge in [0.2, 0.25) is 0 Å². The molecule has 3 aliphatic rings. The zero-order valence-electron chi connectivity index (χ0n) is 13.0. The van der Waals surface area contributed by atoms with E-state index in [0.717, 1.165) is 18.6 Å². The van der Waals surface area contributed by atoms with Crippen molar-refractivity contribution in [1.82, 2.24) is 10.2 Å². The summed E-state index contributed by atoms with van der Waals surface area (Å²) in [6.07, 6.45) is 4.39. The summed E-state index contributed by atoms with van der Waals surface area (Å²) >= 11 is 0. The number of hydrogen-bond donors (Lipinski definition) is 1. The monoisotopic (exact) mass is 266 g/mol. The van der Waals surface area contributed by atoms with E-state index in [-0.39, 0.29) is 0 Å². The van der Waals surface area contributed by atoms with E-state index >= 15 is 0 Å². The molecule has 3 unspecified atom stereocenters. The topological polar surface area (TPSA) is 24.5 Å². The smallest absolute Gasteiger partial charge is 0.0685 e. The molecule has 3 nitrogen and oxygen atoms in total. The van der Waals surface area contributed by atoms with E-state index in [1.807, 2.05) is 0 Å². The summed E-state index contributed by atoms with van der Waals surface area (Å²) in [7, 11) is 0. The molecule has 0 bridgehead atoms. The van der Waals surface area contributed by atoms with Crippen molar-refractivity contribution < 1.29 is 4.74 Å². The first-order valence-electron chi connectivity index (χ1n) is 8.12. The van der Waals surface area contributed by atoms with Crippen LogP contribution in [0.15, 0.2) is 0 Å². The normalized spacial score (nSPS) is 39.3. The van der Waals surface area contributed by atoms with Crippen molar-refractivity contribution >= 4 is 0 Å². The summed E-state index contributed by atoms with van der Waals surface area (Å²) in [5.41, 5.74) is 0.330. The lowest BCUT2D eigenvalue weighted by molar-refractivity contribution is -0.117. The summed E-state index contributed by atoms with van der Waals surface area (Å²) in [6.45, 7) is 12.9. The van der Waals surface area contributed by atoms with E-state index in [4.69, 9.17) is 4.74 Å². The maximum Gasteiger partial charge on any atom is 0.0685 e. The third-order valence-electron chi connectivity index (χ3n) is 5.78. The van der Waals surface area contributed by atoms with Crippen molar-refractivity contribution in [2.75, 3.05) is 19.7 Å². The molecule has 3 heteroatoms. The molecule has 0 aromatic heterocycles. The Balaban J connectivity index is 1.53. The fourth-order valence-corrected chi connectivity index (χ4v) is 4.50. The minimum Gasteiger partial charge on any atom is -0.377 e. The molecule has 2 aliphatic heterocycles. The second-order valence-electron chi connectivity index (χ2n) is 7.61. The van der Waals surface area contributed by atoms with E-state index in [2.05, 4.69) is 37.9 Å². The van der Waals surface area contributed by atoms with Gasteiger partial charge in [0.1, 0.15) is 0 Å². The number of likely N-dealkylation sites (tertiary alicyclic amines) is 1. The molecule has 2 saturated heterocycles. The Morgan fingerprint density at radius 2 is 1.84 bits per heavy atom. The van der Waals surface area contributed by atoms with Gasteiger partial charge in [-0.05, 0) is 46.2 Å². The van der Waals surface area contributed by atoms with Crippen LogP contribution in [0.5, 0.6) is 0 Å². The first-order chi connectivity index (χ1) is 9.00. The standard InChI is InChI=1S/C16H30N2O/c1-11(2)18-8-5-12(6-9-18)17-14-13-7-10-19-15(13)16(14,3)4/h11-15,17H,5-10H2,1-4H3. The van der Waals surface area contributed by atoms with Crippen LogP contribution in [0.25, 0.3) is 0 Å². The van der Waals surface area contributed by atoms with E-state index in [0.29, 0.717) is 23.6 Å². The van der Waals surface area contributed by atoms with Crippen LogP contribution in [-0.2, 0) is 4.74 Å². The number of piperidine rings is 1. The van der Waals surface area contributed by atoms with Crippen molar-refractivity contribution in [3.05, 3.63) is 0 Å². The number of hydrogen-bond acceptors (Lipinski definition) is 3. The number of nitrogens with one attached hydrogen (secondary N) is 1. The van der Waals surface area contributed by atoms with E-state index < -0.39 is 0 Å². The first-order valence-corrected chi connectivity index (χ1v) is 8.12. The molecule has 1 N–H and O–H groups in total. The third kappa shape index (κ3) is 2.34. The molecule has 3 atom stereocenters.